The van der Waals surface area contributed by atoms with Crippen molar-refractivity contribution in [1.82, 2.24) is 0 Å². The number of aryl methyl sites for hydroxylation is 1. The minimum absolute atomic E-state index is 0.0303. The van der Waals surface area contributed by atoms with E-state index in [9.17, 15) is 14.9 Å². The number of hydrogen-bond acceptors (Lipinski definition) is 4. The molecule has 2 aliphatic heterocycles. The third-order valence-corrected chi connectivity index (χ3v) is 4.21. The van der Waals surface area contributed by atoms with E-state index < -0.39 is 4.92 Å². The number of anilines is 2. The number of non-ortho nitro benzene ring substituents is 1. The van der Waals surface area contributed by atoms with Crippen LogP contribution in [0.15, 0.2) is 48.2 Å². The smallest absolute Gasteiger partial charge is 0.271 e. The van der Waals surface area contributed by atoms with E-state index in [1.165, 1.54) is 17.7 Å². The van der Waals surface area contributed by atoms with Crippen LogP contribution >= 0.6 is 0 Å². The number of hydrogen-bond donors (Lipinski definition) is 2. The summed E-state index contributed by atoms with van der Waals surface area (Å²) in [5.74, 6) is -0.220. The molecule has 4 rings (SSSR count). The summed E-state index contributed by atoms with van der Waals surface area (Å²) in [5, 5.41) is 16.9. The molecule has 0 unspecified atom stereocenters. The average Bonchev–Trinajstić information content (AvgIpc) is 2.89. The highest BCUT2D eigenvalue weighted by atomic mass is 16.6. The number of benzene rings is 2. The predicted octanol–water partition coefficient (Wildman–Crippen LogP) is 3.32. The lowest BCUT2D eigenvalue weighted by Crippen LogP contribution is -2.15. The molecular weight excluding hydrogens is 294 g/mol. The van der Waals surface area contributed by atoms with Gasteiger partial charge in [0, 0.05) is 29.1 Å². The SMILES string of the molecule is O=C1Nc2cc([N+](=O)[O-])ccc2/C1=C1\CCc2ccccc2N1. The number of nitro groups is 1. The van der Waals surface area contributed by atoms with E-state index >= 15 is 0 Å². The number of para-hydroxylation sites is 1. The van der Waals surface area contributed by atoms with Crippen LogP contribution in [0, 0.1) is 10.1 Å². The average molecular weight is 307 g/mol. The molecule has 2 aliphatic rings. The third kappa shape index (κ3) is 2.15. The van der Waals surface area contributed by atoms with Crippen molar-refractivity contribution < 1.29 is 9.72 Å². The minimum Gasteiger partial charge on any atom is -0.358 e. The molecule has 0 fully saturated rings. The Morgan fingerprint density at radius 3 is 2.65 bits per heavy atom. The Morgan fingerprint density at radius 2 is 1.83 bits per heavy atom. The zero-order valence-corrected chi connectivity index (χ0v) is 12.1. The summed E-state index contributed by atoms with van der Waals surface area (Å²) in [5.41, 5.74) is 4.83. The second kappa shape index (κ2) is 4.95. The maximum absolute atomic E-state index is 12.3. The maximum Gasteiger partial charge on any atom is 0.271 e. The molecule has 0 aromatic heterocycles. The lowest BCUT2D eigenvalue weighted by atomic mass is 9.96. The number of amides is 1. The Labute approximate surface area is 132 Å². The van der Waals surface area contributed by atoms with E-state index in [-0.39, 0.29) is 11.6 Å². The maximum atomic E-state index is 12.3. The molecule has 2 aromatic rings. The minimum atomic E-state index is -0.466. The predicted molar refractivity (Wildman–Crippen MR) is 87.0 cm³/mol. The summed E-state index contributed by atoms with van der Waals surface area (Å²) in [6, 6.07) is 12.5. The van der Waals surface area contributed by atoms with Crippen LogP contribution in [0.1, 0.15) is 17.5 Å². The molecule has 0 spiro atoms. The first kappa shape index (κ1) is 13.5. The number of nitrogens with zero attached hydrogens (tertiary/aromatic N) is 1. The molecule has 2 aromatic carbocycles. The lowest BCUT2D eigenvalue weighted by molar-refractivity contribution is -0.384. The lowest BCUT2D eigenvalue weighted by Gasteiger charge is -2.22. The Hall–Kier alpha value is -3.15. The first-order valence-corrected chi connectivity index (χ1v) is 7.32. The van der Waals surface area contributed by atoms with Gasteiger partial charge in [0.15, 0.2) is 0 Å². The summed E-state index contributed by atoms with van der Waals surface area (Å²) in [4.78, 5) is 22.8. The van der Waals surface area contributed by atoms with Gasteiger partial charge in [-0.05, 0) is 30.5 Å². The van der Waals surface area contributed by atoms with Gasteiger partial charge < -0.3 is 10.6 Å². The molecule has 2 heterocycles. The van der Waals surface area contributed by atoms with Gasteiger partial charge in [-0.1, -0.05) is 18.2 Å². The number of rotatable bonds is 1. The van der Waals surface area contributed by atoms with Crippen LogP contribution in [0.4, 0.5) is 17.1 Å². The van der Waals surface area contributed by atoms with Gasteiger partial charge in [0.05, 0.1) is 16.2 Å². The summed E-state index contributed by atoms with van der Waals surface area (Å²) in [7, 11) is 0. The number of fused-ring (bicyclic) bond motifs is 2. The summed E-state index contributed by atoms with van der Waals surface area (Å²) >= 11 is 0. The first-order valence-electron chi connectivity index (χ1n) is 7.32. The molecule has 0 aliphatic carbocycles. The first-order chi connectivity index (χ1) is 11.1. The van der Waals surface area contributed by atoms with Crippen LogP contribution < -0.4 is 10.6 Å². The van der Waals surface area contributed by atoms with E-state index in [4.69, 9.17) is 0 Å². The van der Waals surface area contributed by atoms with E-state index in [2.05, 4.69) is 16.7 Å². The zero-order valence-electron chi connectivity index (χ0n) is 12.1. The largest absolute Gasteiger partial charge is 0.358 e. The van der Waals surface area contributed by atoms with Crippen LogP contribution in [0.2, 0.25) is 0 Å². The van der Waals surface area contributed by atoms with Gasteiger partial charge >= 0.3 is 0 Å². The van der Waals surface area contributed by atoms with E-state index in [1.54, 1.807) is 6.07 Å². The molecule has 6 heteroatoms. The standard InChI is InChI=1S/C17H13N3O3/c21-17-16(12-7-6-11(20(22)23)9-15(12)19-17)14-8-5-10-3-1-2-4-13(10)18-14/h1-4,6-7,9,18H,5,8H2,(H,19,21)/b16-14-. The second-order valence-corrected chi connectivity index (χ2v) is 5.58. The number of carbonyl (C=O) groups excluding carboxylic acids is 1. The molecule has 0 saturated carbocycles. The highest BCUT2D eigenvalue weighted by molar-refractivity contribution is 6.32. The molecule has 6 nitrogen and oxygen atoms in total. The van der Waals surface area contributed by atoms with Gasteiger partial charge in [0.1, 0.15) is 0 Å². The van der Waals surface area contributed by atoms with E-state index in [0.29, 0.717) is 16.8 Å². The molecule has 1 amide bonds. The van der Waals surface area contributed by atoms with Crippen molar-refractivity contribution in [2.75, 3.05) is 10.6 Å². The Morgan fingerprint density at radius 1 is 1.00 bits per heavy atom. The highest BCUT2D eigenvalue weighted by Gasteiger charge is 2.30. The molecule has 0 atom stereocenters. The summed E-state index contributed by atoms with van der Waals surface area (Å²) in [6.07, 6.45) is 1.59. The van der Waals surface area contributed by atoms with Crippen molar-refractivity contribution in [3.63, 3.8) is 0 Å². The second-order valence-electron chi connectivity index (χ2n) is 5.58. The third-order valence-electron chi connectivity index (χ3n) is 4.21. The molecule has 0 bridgehead atoms. The van der Waals surface area contributed by atoms with Gasteiger partial charge in [0.2, 0.25) is 0 Å². The van der Waals surface area contributed by atoms with Crippen molar-refractivity contribution in [2.45, 2.75) is 12.8 Å². The van der Waals surface area contributed by atoms with E-state index in [1.807, 2.05) is 18.2 Å². The quantitative estimate of drug-likeness (QED) is 0.481. The van der Waals surface area contributed by atoms with Crippen molar-refractivity contribution in [3.05, 3.63) is 69.4 Å². The summed E-state index contributed by atoms with van der Waals surface area (Å²) < 4.78 is 0. The number of allylic oxidation sites excluding steroid dienone is 1. The van der Waals surface area contributed by atoms with Crippen molar-refractivity contribution >= 4 is 28.5 Å². The Balaban J connectivity index is 1.79. The molecular formula is C17H13N3O3. The summed E-state index contributed by atoms with van der Waals surface area (Å²) in [6.45, 7) is 0. The van der Waals surface area contributed by atoms with Crippen LogP contribution in [0.5, 0.6) is 0 Å². The van der Waals surface area contributed by atoms with Gasteiger partial charge in [-0.25, -0.2) is 0 Å². The van der Waals surface area contributed by atoms with Gasteiger partial charge in [-0.2, -0.15) is 0 Å². The fourth-order valence-electron chi connectivity index (χ4n) is 3.11. The van der Waals surface area contributed by atoms with Crippen molar-refractivity contribution in [2.24, 2.45) is 0 Å². The fourth-order valence-corrected chi connectivity index (χ4v) is 3.11. The normalized spacial score (nSPS) is 18.7. The van der Waals surface area contributed by atoms with Crippen LogP contribution in [0.3, 0.4) is 0 Å². The van der Waals surface area contributed by atoms with Crippen molar-refractivity contribution in [3.8, 4) is 0 Å². The van der Waals surface area contributed by atoms with Crippen molar-refractivity contribution in [1.29, 1.82) is 0 Å². The monoisotopic (exact) mass is 307 g/mol. The Kier molecular flexibility index (Phi) is 2.90. The molecule has 0 saturated heterocycles. The number of nitrogens with one attached hydrogen (secondary N) is 2. The van der Waals surface area contributed by atoms with Crippen LogP contribution in [-0.2, 0) is 11.2 Å². The van der Waals surface area contributed by atoms with Gasteiger partial charge in [-0.15, -0.1) is 0 Å². The van der Waals surface area contributed by atoms with E-state index in [0.717, 1.165) is 24.2 Å². The van der Waals surface area contributed by atoms with Gasteiger partial charge in [-0.3, -0.25) is 14.9 Å². The van der Waals surface area contributed by atoms with Crippen LogP contribution in [-0.4, -0.2) is 10.8 Å². The number of nitro benzene ring substituents is 1. The fraction of sp³-hybridized carbons (Fsp3) is 0.118. The van der Waals surface area contributed by atoms with Gasteiger partial charge in [0.25, 0.3) is 11.6 Å². The molecule has 2 N–H and O–H groups in total. The topological polar surface area (TPSA) is 84.3 Å². The molecule has 0 radical (unpaired) electrons. The van der Waals surface area contributed by atoms with Crippen LogP contribution in [0.25, 0.3) is 5.57 Å². The molecule has 23 heavy (non-hydrogen) atoms. The highest BCUT2D eigenvalue weighted by Crippen LogP contribution is 2.39. The zero-order chi connectivity index (χ0) is 16.0. The number of carbonyl (C=O) groups is 1. The molecule has 114 valence electrons. The Bertz CT molecular complexity index is 886.